The van der Waals surface area contributed by atoms with Crippen molar-refractivity contribution in [3.05, 3.63) is 35.4 Å². The zero-order chi connectivity index (χ0) is 14.8. The molecule has 20 heavy (non-hydrogen) atoms. The normalized spacial score (nSPS) is 20.8. The fourth-order valence-corrected chi connectivity index (χ4v) is 2.50. The molecule has 1 N–H and O–H groups in total. The van der Waals surface area contributed by atoms with Gasteiger partial charge < -0.3 is 5.32 Å². The molecule has 0 spiro atoms. The van der Waals surface area contributed by atoms with E-state index >= 15 is 0 Å². The topological polar surface area (TPSA) is 15.3 Å². The summed E-state index contributed by atoms with van der Waals surface area (Å²) < 4.78 is 37.3. The molecule has 2 nitrogen and oxygen atoms in total. The standard InChI is InChI=1S/C15H21F3N2/c1-11(2)20-8-7-14(10-20)19-9-12-3-5-13(6-4-12)15(16,17)18/h3-6,11,14,19H,7-10H2,1-2H3. The van der Waals surface area contributed by atoms with Gasteiger partial charge in [-0.1, -0.05) is 12.1 Å². The van der Waals surface area contributed by atoms with E-state index < -0.39 is 11.7 Å². The Morgan fingerprint density at radius 3 is 2.40 bits per heavy atom. The van der Waals surface area contributed by atoms with E-state index in [1.54, 1.807) is 12.1 Å². The minimum Gasteiger partial charge on any atom is -0.309 e. The Hall–Kier alpha value is -1.07. The third-order valence-electron chi connectivity index (χ3n) is 3.83. The van der Waals surface area contributed by atoms with Crippen LogP contribution in [0.5, 0.6) is 0 Å². The van der Waals surface area contributed by atoms with Crippen molar-refractivity contribution in [3.63, 3.8) is 0 Å². The molecule has 0 saturated carbocycles. The van der Waals surface area contributed by atoms with Gasteiger partial charge in [0.1, 0.15) is 0 Å². The number of nitrogens with one attached hydrogen (secondary N) is 1. The maximum absolute atomic E-state index is 12.4. The number of hydrogen-bond donors (Lipinski definition) is 1. The highest BCUT2D eigenvalue weighted by molar-refractivity contribution is 5.24. The van der Waals surface area contributed by atoms with Crippen molar-refractivity contribution >= 4 is 0 Å². The first kappa shape index (κ1) is 15.3. The summed E-state index contributed by atoms with van der Waals surface area (Å²) in [7, 11) is 0. The lowest BCUT2D eigenvalue weighted by Crippen LogP contribution is -2.34. The van der Waals surface area contributed by atoms with E-state index in [0.717, 1.165) is 37.2 Å². The molecule has 112 valence electrons. The van der Waals surface area contributed by atoms with Gasteiger partial charge in [0.2, 0.25) is 0 Å². The molecule has 2 rings (SSSR count). The van der Waals surface area contributed by atoms with Crippen LogP contribution in [0.15, 0.2) is 24.3 Å². The lowest BCUT2D eigenvalue weighted by atomic mass is 10.1. The lowest BCUT2D eigenvalue weighted by molar-refractivity contribution is -0.137. The highest BCUT2D eigenvalue weighted by Crippen LogP contribution is 2.29. The molecular weight excluding hydrogens is 265 g/mol. The van der Waals surface area contributed by atoms with Gasteiger partial charge in [-0.3, -0.25) is 4.90 Å². The number of benzene rings is 1. The SMILES string of the molecule is CC(C)N1CCC(NCc2ccc(C(F)(F)F)cc2)C1. The summed E-state index contributed by atoms with van der Waals surface area (Å²) in [6.07, 6.45) is -3.16. The summed E-state index contributed by atoms with van der Waals surface area (Å²) in [4.78, 5) is 2.41. The van der Waals surface area contributed by atoms with Crippen LogP contribution in [0.25, 0.3) is 0 Å². The predicted octanol–water partition coefficient (Wildman–Crippen LogP) is 3.28. The van der Waals surface area contributed by atoms with Crippen LogP contribution in [0.3, 0.4) is 0 Å². The molecular formula is C15H21F3N2. The monoisotopic (exact) mass is 286 g/mol. The Labute approximate surface area is 118 Å². The summed E-state index contributed by atoms with van der Waals surface area (Å²) in [6, 6.07) is 6.36. The van der Waals surface area contributed by atoms with E-state index in [1.165, 1.54) is 0 Å². The second kappa shape index (κ2) is 6.14. The molecule has 1 saturated heterocycles. The first-order valence-corrected chi connectivity index (χ1v) is 7.00. The van der Waals surface area contributed by atoms with E-state index in [4.69, 9.17) is 0 Å². The smallest absolute Gasteiger partial charge is 0.309 e. The second-order valence-electron chi connectivity index (χ2n) is 5.65. The highest BCUT2D eigenvalue weighted by Gasteiger charge is 2.30. The number of likely N-dealkylation sites (tertiary alicyclic amines) is 1. The van der Waals surface area contributed by atoms with Gasteiger partial charge in [0.05, 0.1) is 5.56 Å². The molecule has 1 atom stereocenters. The third kappa shape index (κ3) is 3.96. The summed E-state index contributed by atoms with van der Waals surface area (Å²) in [6.45, 7) is 7.08. The average molecular weight is 286 g/mol. The second-order valence-corrected chi connectivity index (χ2v) is 5.65. The molecule has 1 aromatic carbocycles. The van der Waals surface area contributed by atoms with Crippen molar-refractivity contribution < 1.29 is 13.2 Å². The Morgan fingerprint density at radius 2 is 1.90 bits per heavy atom. The Balaban J connectivity index is 1.83. The fraction of sp³-hybridized carbons (Fsp3) is 0.600. The fourth-order valence-electron chi connectivity index (χ4n) is 2.50. The van der Waals surface area contributed by atoms with Gasteiger partial charge in [0.15, 0.2) is 0 Å². The van der Waals surface area contributed by atoms with Gasteiger partial charge in [0, 0.05) is 25.2 Å². The lowest BCUT2D eigenvalue weighted by Gasteiger charge is -2.20. The molecule has 0 bridgehead atoms. The molecule has 1 aromatic rings. The number of nitrogens with zero attached hydrogens (tertiary/aromatic N) is 1. The molecule has 1 fully saturated rings. The van der Waals surface area contributed by atoms with Gasteiger partial charge >= 0.3 is 6.18 Å². The Morgan fingerprint density at radius 1 is 1.25 bits per heavy atom. The van der Waals surface area contributed by atoms with E-state index in [0.29, 0.717) is 18.6 Å². The average Bonchev–Trinajstić information content (AvgIpc) is 2.85. The maximum Gasteiger partial charge on any atom is 0.416 e. The van der Waals surface area contributed by atoms with Crippen molar-refractivity contribution in [2.45, 2.75) is 45.1 Å². The molecule has 1 aliphatic rings. The predicted molar refractivity (Wildman–Crippen MR) is 73.4 cm³/mol. The molecule has 0 aliphatic carbocycles. The van der Waals surface area contributed by atoms with Gasteiger partial charge in [-0.05, 0) is 44.5 Å². The van der Waals surface area contributed by atoms with Crippen LogP contribution in [0.2, 0.25) is 0 Å². The van der Waals surface area contributed by atoms with Gasteiger partial charge in [-0.2, -0.15) is 13.2 Å². The van der Waals surface area contributed by atoms with E-state index in [-0.39, 0.29) is 0 Å². The van der Waals surface area contributed by atoms with Crippen molar-refractivity contribution in [1.82, 2.24) is 10.2 Å². The van der Waals surface area contributed by atoms with Crippen LogP contribution < -0.4 is 5.32 Å². The number of hydrogen-bond acceptors (Lipinski definition) is 2. The van der Waals surface area contributed by atoms with Crippen molar-refractivity contribution in [3.8, 4) is 0 Å². The minimum absolute atomic E-state index is 0.430. The number of alkyl halides is 3. The summed E-state index contributed by atoms with van der Waals surface area (Å²) in [5.41, 5.74) is 0.300. The summed E-state index contributed by atoms with van der Waals surface area (Å²) >= 11 is 0. The molecule has 1 heterocycles. The van der Waals surface area contributed by atoms with Crippen molar-refractivity contribution in [2.24, 2.45) is 0 Å². The van der Waals surface area contributed by atoms with Crippen LogP contribution in [0.1, 0.15) is 31.4 Å². The Kier molecular flexibility index (Phi) is 4.70. The molecule has 5 heteroatoms. The zero-order valence-corrected chi connectivity index (χ0v) is 11.9. The minimum atomic E-state index is -4.25. The van der Waals surface area contributed by atoms with Crippen LogP contribution in [-0.4, -0.2) is 30.1 Å². The first-order valence-electron chi connectivity index (χ1n) is 7.00. The maximum atomic E-state index is 12.4. The number of halogens is 3. The van der Waals surface area contributed by atoms with E-state index in [9.17, 15) is 13.2 Å². The Bertz CT molecular complexity index is 426. The van der Waals surface area contributed by atoms with Crippen LogP contribution in [0, 0.1) is 0 Å². The summed E-state index contributed by atoms with van der Waals surface area (Å²) in [5.74, 6) is 0. The molecule has 0 amide bonds. The largest absolute Gasteiger partial charge is 0.416 e. The van der Waals surface area contributed by atoms with Gasteiger partial charge in [-0.15, -0.1) is 0 Å². The highest BCUT2D eigenvalue weighted by atomic mass is 19.4. The molecule has 1 aliphatic heterocycles. The number of rotatable bonds is 4. The van der Waals surface area contributed by atoms with Crippen LogP contribution in [0.4, 0.5) is 13.2 Å². The van der Waals surface area contributed by atoms with E-state index in [2.05, 4.69) is 24.1 Å². The molecule has 1 unspecified atom stereocenters. The molecule has 0 aromatic heterocycles. The zero-order valence-electron chi connectivity index (χ0n) is 11.9. The van der Waals surface area contributed by atoms with Crippen LogP contribution in [-0.2, 0) is 12.7 Å². The van der Waals surface area contributed by atoms with Crippen LogP contribution >= 0.6 is 0 Å². The quantitative estimate of drug-likeness (QED) is 0.914. The summed E-state index contributed by atoms with van der Waals surface area (Å²) in [5, 5.41) is 3.42. The first-order chi connectivity index (χ1) is 9.36. The van der Waals surface area contributed by atoms with Crippen molar-refractivity contribution in [1.29, 1.82) is 0 Å². The molecule has 0 radical (unpaired) electrons. The van der Waals surface area contributed by atoms with Gasteiger partial charge in [0.25, 0.3) is 0 Å². The third-order valence-corrected chi connectivity index (χ3v) is 3.83. The van der Waals surface area contributed by atoms with E-state index in [1.807, 2.05) is 0 Å². The van der Waals surface area contributed by atoms with Gasteiger partial charge in [-0.25, -0.2) is 0 Å². The van der Waals surface area contributed by atoms with Crippen molar-refractivity contribution in [2.75, 3.05) is 13.1 Å².